The molecule has 1 heterocycles. The van der Waals surface area contributed by atoms with Crippen molar-refractivity contribution in [1.82, 2.24) is 15.0 Å². The molecule has 0 aliphatic rings. The van der Waals surface area contributed by atoms with Gasteiger partial charge in [0.15, 0.2) is 0 Å². The predicted molar refractivity (Wildman–Crippen MR) is 91.5 cm³/mol. The van der Waals surface area contributed by atoms with Crippen molar-refractivity contribution in [3.63, 3.8) is 0 Å². The van der Waals surface area contributed by atoms with Gasteiger partial charge in [-0.25, -0.2) is 0 Å². The second-order valence-electron chi connectivity index (χ2n) is 5.10. The molecule has 1 aromatic carbocycles. The molecule has 0 aliphatic heterocycles. The normalized spacial score (nSPS) is 12.2. The fraction of sp³-hybridized carbons (Fsp3) is 0.400. The molecule has 0 bridgehead atoms. The van der Waals surface area contributed by atoms with Gasteiger partial charge in [0.25, 0.3) is 0 Å². The average molecular weight is 340 g/mol. The lowest BCUT2D eigenvalue weighted by Crippen LogP contribution is -2.21. The van der Waals surface area contributed by atoms with E-state index in [0.717, 1.165) is 24.8 Å². The van der Waals surface area contributed by atoms with E-state index in [1.165, 1.54) is 0 Å². The van der Waals surface area contributed by atoms with Crippen molar-refractivity contribution in [2.45, 2.75) is 39.2 Å². The van der Waals surface area contributed by atoms with Gasteiger partial charge in [-0.3, -0.25) is 0 Å². The number of hydrogen-bond donors (Lipinski definition) is 2. The quantitative estimate of drug-likeness (QED) is 0.834. The Balaban J connectivity index is 1.98. The van der Waals surface area contributed by atoms with Gasteiger partial charge in [-0.2, -0.15) is 15.0 Å². The van der Waals surface area contributed by atoms with Crippen molar-refractivity contribution in [2.24, 2.45) is 0 Å². The van der Waals surface area contributed by atoms with Crippen molar-refractivity contribution in [3.05, 3.63) is 39.6 Å². The van der Waals surface area contributed by atoms with Crippen molar-refractivity contribution in [2.75, 3.05) is 11.1 Å². The number of nitrogens with zero attached hydrogens (tertiary/aromatic N) is 3. The zero-order valence-corrected chi connectivity index (χ0v) is 14.1. The Labute approximate surface area is 140 Å². The third-order valence-electron chi connectivity index (χ3n) is 3.36. The molecule has 0 radical (unpaired) electrons. The molecular weight excluding hydrogens is 321 g/mol. The maximum Gasteiger partial charge on any atom is 0.227 e. The second-order valence-corrected chi connectivity index (χ2v) is 5.92. The van der Waals surface area contributed by atoms with Crippen LogP contribution < -0.4 is 11.1 Å². The van der Waals surface area contributed by atoms with Crippen LogP contribution in [-0.2, 0) is 6.42 Å². The van der Waals surface area contributed by atoms with Gasteiger partial charge in [0.05, 0.1) is 10.0 Å². The number of rotatable bonds is 6. The van der Waals surface area contributed by atoms with E-state index >= 15 is 0 Å². The number of aryl methyl sites for hydroxylation is 2. The Bertz CT molecular complexity index is 628. The maximum absolute atomic E-state index is 6.04. The summed E-state index contributed by atoms with van der Waals surface area (Å²) >= 11 is 12.0. The molecule has 2 rings (SSSR count). The molecule has 0 saturated carbocycles. The molecule has 0 fully saturated rings. The van der Waals surface area contributed by atoms with E-state index in [9.17, 15) is 0 Å². The van der Waals surface area contributed by atoms with E-state index < -0.39 is 0 Å². The number of anilines is 2. The van der Waals surface area contributed by atoms with Crippen LogP contribution in [0.2, 0.25) is 10.0 Å². The molecule has 1 aromatic heterocycles. The van der Waals surface area contributed by atoms with E-state index in [-0.39, 0.29) is 12.0 Å². The minimum atomic E-state index is 0.231. The van der Waals surface area contributed by atoms with Gasteiger partial charge < -0.3 is 11.1 Å². The third kappa shape index (κ3) is 4.71. The second kappa shape index (κ2) is 7.61. The number of halogens is 2. The largest absolute Gasteiger partial charge is 0.368 e. The first-order valence-electron chi connectivity index (χ1n) is 7.16. The number of benzene rings is 1. The molecule has 118 valence electrons. The van der Waals surface area contributed by atoms with Gasteiger partial charge in [-0.05, 0) is 43.9 Å². The van der Waals surface area contributed by atoms with Crippen LogP contribution in [0.4, 0.5) is 11.9 Å². The van der Waals surface area contributed by atoms with Crippen molar-refractivity contribution < 1.29 is 0 Å². The highest BCUT2D eigenvalue weighted by atomic mass is 35.5. The van der Waals surface area contributed by atoms with Crippen molar-refractivity contribution >= 4 is 35.1 Å². The average Bonchev–Trinajstić information content (AvgIpc) is 2.46. The molecule has 0 saturated heterocycles. The molecule has 3 N–H and O–H groups in total. The van der Waals surface area contributed by atoms with Crippen LogP contribution in [0.5, 0.6) is 0 Å². The number of nitrogens with one attached hydrogen (secondary N) is 1. The molecule has 7 heteroatoms. The first-order valence-corrected chi connectivity index (χ1v) is 7.92. The summed E-state index contributed by atoms with van der Waals surface area (Å²) in [6, 6.07) is 5.97. The summed E-state index contributed by atoms with van der Waals surface area (Å²) < 4.78 is 0. The van der Waals surface area contributed by atoms with E-state index in [2.05, 4.69) is 27.2 Å². The standard InChI is InChI=1S/C15H19Cl2N5/c1-3-11(21-15-20-9(2)19-14(18)22-15)6-4-10-5-7-12(16)13(17)8-10/h5,7-8,11H,3-4,6H2,1-2H3,(H3,18,19,20,21,22). The highest BCUT2D eigenvalue weighted by molar-refractivity contribution is 6.42. The van der Waals surface area contributed by atoms with Gasteiger partial charge in [0.2, 0.25) is 11.9 Å². The smallest absolute Gasteiger partial charge is 0.227 e. The SMILES string of the molecule is CCC(CCc1ccc(Cl)c(Cl)c1)Nc1nc(C)nc(N)n1. The molecule has 0 aliphatic carbocycles. The predicted octanol–water partition coefficient (Wildman–Crippen LogP) is 3.89. The van der Waals surface area contributed by atoms with Gasteiger partial charge in [0, 0.05) is 6.04 Å². The molecule has 1 atom stereocenters. The van der Waals surface area contributed by atoms with Crippen LogP contribution in [0.3, 0.4) is 0 Å². The third-order valence-corrected chi connectivity index (χ3v) is 4.10. The van der Waals surface area contributed by atoms with Crippen LogP contribution in [-0.4, -0.2) is 21.0 Å². The topological polar surface area (TPSA) is 76.7 Å². The summed E-state index contributed by atoms with van der Waals surface area (Å²) in [7, 11) is 0. The monoisotopic (exact) mass is 339 g/mol. The number of nitrogen functional groups attached to an aromatic ring is 1. The van der Waals surface area contributed by atoms with Gasteiger partial charge in [-0.15, -0.1) is 0 Å². The minimum absolute atomic E-state index is 0.231. The molecular formula is C15H19Cl2N5. The minimum Gasteiger partial charge on any atom is -0.368 e. The molecule has 0 amide bonds. The lowest BCUT2D eigenvalue weighted by Gasteiger charge is -2.17. The van der Waals surface area contributed by atoms with Crippen LogP contribution in [0, 0.1) is 6.92 Å². The summed E-state index contributed by atoms with van der Waals surface area (Å²) in [5.41, 5.74) is 6.80. The van der Waals surface area contributed by atoms with Crippen molar-refractivity contribution in [3.8, 4) is 0 Å². The Hall–Kier alpha value is -1.59. The molecule has 2 aromatic rings. The molecule has 1 unspecified atom stereocenters. The van der Waals surface area contributed by atoms with Crippen LogP contribution in [0.25, 0.3) is 0 Å². The zero-order valence-electron chi connectivity index (χ0n) is 12.6. The first-order chi connectivity index (χ1) is 10.5. The lowest BCUT2D eigenvalue weighted by molar-refractivity contribution is 0.627. The van der Waals surface area contributed by atoms with E-state index in [0.29, 0.717) is 21.8 Å². The Morgan fingerprint density at radius 1 is 1.18 bits per heavy atom. The van der Waals surface area contributed by atoms with Gasteiger partial charge in [0.1, 0.15) is 5.82 Å². The Morgan fingerprint density at radius 2 is 1.95 bits per heavy atom. The van der Waals surface area contributed by atoms with E-state index in [1.54, 1.807) is 6.92 Å². The first kappa shape index (κ1) is 16.8. The van der Waals surface area contributed by atoms with Crippen LogP contribution in [0.1, 0.15) is 31.2 Å². The summed E-state index contributed by atoms with van der Waals surface area (Å²) in [6.07, 6.45) is 2.77. The number of hydrogen-bond acceptors (Lipinski definition) is 5. The van der Waals surface area contributed by atoms with Crippen LogP contribution >= 0.6 is 23.2 Å². The van der Waals surface area contributed by atoms with E-state index in [4.69, 9.17) is 28.9 Å². The summed E-state index contributed by atoms with van der Waals surface area (Å²) in [4.78, 5) is 12.3. The molecule has 22 heavy (non-hydrogen) atoms. The highest BCUT2D eigenvalue weighted by Gasteiger charge is 2.10. The maximum atomic E-state index is 6.04. The summed E-state index contributed by atoms with van der Waals surface area (Å²) in [6.45, 7) is 3.91. The van der Waals surface area contributed by atoms with Crippen molar-refractivity contribution in [1.29, 1.82) is 0 Å². The number of nitrogens with two attached hydrogens (primary N) is 1. The summed E-state index contributed by atoms with van der Waals surface area (Å²) in [5.74, 6) is 1.36. The molecule has 5 nitrogen and oxygen atoms in total. The lowest BCUT2D eigenvalue weighted by atomic mass is 10.0. The van der Waals surface area contributed by atoms with Gasteiger partial charge >= 0.3 is 0 Å². The Morgan fingerprint density at radius 3 is 2.59 bits per heavy atom. The Kier molecular flexibility index (Phi) is 5.80. The fourth-order valence-corrected chi connectivity index (χ4v) is 2.48. The van der Waals surface area contributed by atoms with Crippen LogP contribution in [0.15, 0.2) is 18.2 Å². The zero-order chi connectivity index (χ0) is 16.1. The molecule has 0 spiro atoms. The highest BCUT2D eigenvalue weighted by Crippen LogP contribution is 2.23. The fourth-order valence-electron chi connectivity index (χ4n) is 2.16. The summed E-state index contributed by atoms with van der Waals surface area (Å²) in [5, 5.41) is 4.47. The van der Waals surface area contributed by atoms with E-state index in [1.807, 2.05) is 18.2 Å². The van der Waals surface area contributed by atoms with Gasteiger partial charge in [-0.1, -0.05) is 36.2 Å². The number of aromatic nitrogens is 3.